The van der Waals surface area contributed by atoms with Crippen LogP contribution in [0.25, 0.3) is 0 Å². The van der Waals surface area contributed by atoms with Crippen molar-refractivity contribution in [2.75, 3.05) is 13.2 Å². The van der Waals surface area contributed by atoms with Crippen molar-refractivity contribution in [3.05, 3.63) is 12.7 Å². The van der Waals surface area contributed by atoms with Crippen molar-refractivity contribution in [2.45, 2.75) is 13.2 Å². The lowest BCUT2D eigenvalue weighted by Gasteiger charge is -2.13. The molecule has 0 bridgehead atoms. The minimum atomic E-state index is -4.54. The van der Waals surface area contributed by atoms with Crippen LogP contribution in [0.3, 0.4) is 0 Å². The van der Waals surface area contributed by atoms with Gasteiger partial charge in [0.15, 0.2) is 6.29 Å². The highest BCUT2D eigenvalue weighted by atomic mass is 31.2. The van der Waals surface area contributed by atoms with Crippen molar-refractivity contribution in [2.24, 2.45) is 0 Å². The minimum Gasteiger partial charge on any atom is -0.460 e. The van der Waals surface area contributed by atoms with Gasteiger partial charge in [-0.15, -0.1) is 0 Å². The van der Waals surface area contributed by atoms with Gasteiger partial charge in [0.1, 0.15) is 6.61 Å². The summed E-state index contributed by atoms with van der Waals surface area (Å²) >= 11 is 0. The molecule has 0 saturated heterocycles. The molecule has 15 heavy (non-hydrogen) atoms. The quantitative estimate of drug-likeness (QED) is 0.215. The van der Waals surface area contributed by atoms with E-state index in [1.807, 2.05) is 0 Å². The second-order valence-corrected chi connectivity index (χ2v) is 3.60. The summed E-state index contributed by atoms with van der Waals surface area (Å²) in [5.41, 5.74) is 0. The van der Waals surface area contributed by atoms with Crippen molar-refractivity contribution >= 4 is 13.8 Å². The Morgan fingerprint density at radius 1 is 1.53 bits per heavy atom. The van der Waals surface area contributed by atoms with E-state index in [0.717, 1.165) is 6.08 Å². The van der Waals surface area contributed by atoms with Crippen LogP contribution in [0, 0.1) is 0 Å². The molecular formula is C7H13O7P. The Labute approximate surface area is 86.9 Å². The van der Waals surface area contributed by atoms with E-state index in [1.165, 1.54) is 6.92 Å². The number of carbonyl (C=O) groups is 1. The van der Waals surface area contributed by atoms with E-state index in [1.54, 1.807) is 0 Å². The summed E-state index contributed by atoms with van der Waals surface area (Å²) < 4.78 is 23.8. The van der Waals surface area contributed by atoms with Crippen LogP contribution >= 0.6 is 7.82 Å². The van der Waals surface area contributed by atoms with Crippen LogP contribution in [0.2, 0.25) is 0 Å². The summed E-state index contributed by atoms with van der Waals surface area (Å²) in [6.45, 7) is 4.42. The molecule has 0 aromatic heterocycles. The van der Waals surface area contributed by atoms with Gasteiger partial charge in [-0.1, -0.05) is 6.58 Å². The van der Waals surface area contributed by atoms with Gasteiger partial charge in [0, 0.05) is 6.08 Å². The number of rotatable bonds is 7. The molecule has 0 heterocycles. The Kier molecular flexibility index (Phi) is 6.38. The lowest BCUT2D eigenvalue weighted by molar-refractivity contribution is -0.143. The molecular weight excluding hydrogens is 227 g/mol. The molecule has 1 atom stereocenters. The van der Waals surface area contributed by atoms with Gasteiger partial charge in [-0.2, -0.15) is 0 Å². The van der Waals surface area contributed by atoms with Gasteiger partial charge in [-0.3, -0.25) is 4.52 Å². The predicted octanol–water partition coefficient (Wildman–Crippen LogP) is 0.187. The zero-order chi connectivity index (χ0) is 11.9. The van der Waals surface area contributed by atoms with E-state index in [4.69, 9.17) is 14.5 Å². The molecule has 7 nitrogen and oxygen atoms in total. The van der Waals surface area contributed by atoms with Gasteiger partial charge in [-0.25, -0.2) is 9.36 Å². The van der Waals surface area contributed by atoms with E-state index in [9.17, 15) is 9.36 Å². The molecule has 0 rings (SSSR count). The number of hydrogen-bond donors (Lipinski definition) is 2. The molecule has 8 heteroatoms. The largest absolute Gasteiger partial charge is 0.471 e. The first kappa shape index (κ1) is 14.3. The highest BCUT2D eigenvalue weighted by molar-refractivity contribution is 7.46. The minimum absolute atomic E-state index is 0.0270. The number of phosphoric ester groups is 1. The molecule has 0 amide bonds. The molecule has 0 aromatic carbocycles. The van der Waals surface area contributed by atoms with Crippen LogP contribution in [0.15, 0.2) is 12.7 Å². The smallest absolute Gasteiger partial charge is 0.460 e. The van der Waals surface area contributed by atoms with Gasteiger partial charge < -0.3 is 19.3 Å². The number of ether oxygens (including phenoxy) is 2. The molecule has 0 saturated carbocycles. The van der Waals surface area contributed by atoms with Crippen molar-refractivity contribution in [3.8, 4) is 0 Å². The van der Waals surface area contributed by atoms with E-state index in [-0.39, 0.29) is 13.2 Å². The topological polar surface area (TPSA) is 102 Å². The summed E-state index contributed by atoms with van der Waals surface area (Å²) in [6, 6.07) is 0. The molecule has 0 radical (unpaired) electrons. The van der Waals surface area contributed by atoms with E-state index < -0.39 is 20.1 Å². The number of esters is 1. The highest BCUT2D eigenvalue weighted by Gasteiger charge is 2.18. The fourth-order valence-electron chi connectivity index (χ4n) is 0.639. The SMILES string of the molecule is C=CC(=O)OCCOC(C)OP(=O)(O)O. The molecule has 0 aliphatic rings. The first-order valence-corrected chi connectivity index (χ1v) is 5.53. The fourth-order valence-corrected chi connectivity index (χ4v) is 1.09. The van der Waals surface area contributed by atoms with E-state index >= 15 is 0 Å². The third-order valence-corrected chi connectivity index (χ3v) is 1.70. The van der Waals surface area contributed by atoms with Gasteiger partial charge in [0.25, 0.3) is 0 Å². The monoisotopic (exact) mass is 240 g/mol. The Balaban J connectivity index is 3.56. The summed E-state index contributed by atoms with van der Waals surface area (Å²) in [5, 5.41) is 0. The Hall–Kier alpha value is -0.720. The zero-order valence-corrected chi connectivity index (χ0v) is 9.05. The average molecular weight is 240 g/mol. The molecule has 0 aliphatic heterocycles. The number of carbonyl (C=O) groups excluding carboxylic acids is 1. The zero-order valence-electron chi connectivity index (χ0n) is 8.16. The van der Waals surface area contributed by atoms with Gasteiger partial charge >= 0.3 is 13.8 Å². The lowest BCUT2D eigenvalue weighted by atomic mass is 10.6. The van der Waals surface area contributed by atoms with Crippen molar-refractivity contribution in [1.82, 2.24) is 0 Å². The first-order valence-electron chi connectivity index (χ1n) is 4.00. The van der Waals surface area contributed by atoms with Gasteiger partial charge in [0.2, 0.25) is 0 Å². The van der Waals surface area contributed by atoms with Crippen molar-refractivity contribution in [3.63, 3.8) is 0 Å². The summed E-state index contributed by atoms with van der Waals surface area (Å²) in [4.78, 5) is 27.3. The van der Waals surface area contributed by atoms with E-state index in [0.29, 0.717) is 0 Å². The maximum atomic E-state index is 10.5. The normalized spacial score (nSPS) is 13.3. The Bertz CT molecular complexity index is 258. The van der Waals surface area contributed by atoms with Gasteiger partial charge in [0.05, 0.1) is 6.61 Å². The molecule has 0 aromatic rings. The van der Waals surface area contributed by atoms with Crippen LogP contribution in [-0.4, -0.2) is 35.3 Å². The van der Waals surface area contributed by atoms with Crippen molar-refractivity contribution in [1.29, 1.82) is 0 Å². The van der Waals surface area contributed by atoms with E-state index in [2.05, 4.69) is 15.8 Å². The second-order valence-electron chi connectivity index (χ2n) is 2.41. The maximum Gasteiger partial charge on any atom is 0.471 e. The molecule has 2 N–H and O–H groups in total. The third-order valence-electron chi connectivity index (χ3n) is 1.13. The van der Waals surface area contributed by atoms with Crippen LogP contribution in [0.1, 0.15) is 6.92 Å². The van der Waals surface area contributed by atoms with Crippen LogP contribution in [-0.2, 0) is 23.4 Å². The Morgan fingerprint density at radius 2 is 2.13 bits per heavy atom. The maximum absolute atomic E-state index is 10.5. The number of phosphoric acid groups is 1. The highest BCUT2D eigenvalue weighted by Crippen LogP contribution is 2.37. The lowest BCUT2D eigenvalue weighted by Crippen LogP contribution is -2.16. The summed E-state index contributed by atoms with van der Waals surface area (Å²) in [7, 11) is -4.54. The molecule has 88 valence electrons. The van der Waals surface area contributed by atoms with Crippen molar-refractivity contribution < 1.29 is 33.1 Å². The number of hydrogen-bond acceptors (Lipinski definition) is 5. The predicted molar refractivity (Wildman–Crippen MR) is 49.7 cm³/mol. The molecule has 0 aliphatic carbocycles. The molecule has 1 unspecified atom stereocenters. The van der Waals surface area contributed by atoms with Crippen LogP contribution in [0.4, 0.5) is 0 Å². The van der Waals surface area contributed by atoms with Crippen LogP contribution in [0.5, 0.6) is 0 Å². The van der Waals surface area contributed by atoms with Crippen LogP contribution < -0.4 is 0 Å². The molecule has 0 fully saturated rings. The molecule has 0 spiro atoms. The van der Waals surface area contributed by atoms with Gasteiger partial charge in [-0.05, 0) is 6.92 Å². The standard InChI is InChI=1S/C7H13O7P/c1-3-7(8)13-5-4-12-6(2)14-15(9,10)11/h3,6H,1,4-5H2,2H3,(H2,9,10,11). The second kappa shape index (κ2) is 6.71. The fraction of sp³-hybridized carbons (Fsp3) is 0.571. The first-order chi connectivity index (χ1) is 6.85. The Morgan fingerprint density at radius 3 is 2.60 bits per heavy atom. The summed E-state index contributed by atoms with van der Waals surface area (Å²) in [5.74, 6) is -0.595. The third kappa shape index (κ3) is 9.58. The average Bonchev–Trinajstić information content (AvgIpc) is 2.09. The summed E-state index contributed by atoms with van der Waals surface area (Å²) in [6.07, 6.45) is -0.0801.